The molecule has 0 unspecified atom stereocenters. The molecule has 4 rings (SSSR count). The summed E-state index contributed by atoms with van der Waals surface area (Å²) < 4.78 is 8.36. The second-order valence-electron chi connectivity index (χ2n) is 8.77. The van der Waals surface area contributed by atoms with E-state index in [1.807, 2.05) is 36.4 Å². The number of nitrogens with zero attached hydrogens (tertiary/aromatic N) is 2. The summed E-state index contributed by atoms with van der Waals surface area (Å²) >= 11 is 0. The molecule has 176 valence electrons. The Balaban J connectivity index is 1.29. The molecule has 0 radical (unpaired) electrons. The molecule has 0 aliphatic rings. The summed E-state index contributed by atoms with van der Waals surface area (Å²) in [5, 5.41) is 3.01. The average Bonchev–Trinajstić information content (AvgIpc) is 3.18. The van der Waals surface area contributed by atoms with Crippen molar-refractivity contribution in [2.75, 3.05) is 13.2 Å². The van der Waals surface area contributed by atoms with Gasteiger partial charge in [0, 0.05) is 18.5 Å². The molecule has 34 heavy (non-hydrogen) atoms. The Bertz CT molecular complexity index is 1210. The number of hydrogen-bond donors (Lipinski definition) is 1. The summed E-state index contributed by atoms with van der Waals surface area (Å²) in [6.07, 6.45) is 3.93. The van der Waals surface area contributed by atoms with Gasteiger partial charge in [-0.2, -0.15) is 0 Å². The number of ether oxygens (including phenoxy) is 1. The minimum Gasteiger partial charge on any atom is -0.492 e. The molecule has 1 aromatic heterocycles. The zero-order valence-electron chi connectivity index (χ0n) is 20.1. The fourth-order valence-corrected chi connectivity index (χ4v) is 4.32. The van der Waals surface area contributed by atoms with Crippen LogP contribution in [0.3, 0.4) is 0 Å². The van der Waals surface area contributed by atoms with E-state index in [0.717, 1.165) is 54.8 Å². The van der Waals surface area contributed by atoms with Gasteiger partial charge in [-0.05, 0) is 74.2 Å². The number of nitrogens with one attached hydrogen (secondary N) is 1. The highest BCUT2D eigenvalue weighted by Gasteiger charge is 2.11. The Morgan fingerprint density at radius 2 is 1.65 bits per heavy atom. The number of hydrogen-bond acceptors (Lipinski definition) is 3. The number of fused-ring (bicyclic) bond motifs is 1. The highest BCUT2D eigenvalue weighted by Crippen LogP contribution is 2.19. The molecule has 1 N–H and O–H groups in total. The summed E-state index contributed by atoms with van der Waals surface area (Å²) in [4.78, 5) is 17.0. The fraction of sp³-hybridized carbons (Fsp3) is 0.310. The Morgan fingerprint density at radius 1 is 0.912 bits per heavy atom. The summed E-state index contributed by atoms with van der Waals surface area (Å²) in [6, 6.07) is 24.0. The molecule has 1 heterocycles. The van der Waals surface area contributed by atoms with Crippen LogP contribution in [-0.2, 0) is 13.0 Å². The van der Waals surface area contributed by atoms with Crippen LogP contribution in [-0.4, -0.2) is 28.6 Å². The maximum atomic E-state index is 12.1. The first-order valence-electron chi connectivity index (χ1n) is 12.1. The molecular formula is C29H33N3O2. The molecule has 0 fully saturated rings. The number of rotatable bonds is 11. The summed E-state index contributed by atoms with van der Waals surface area (Å²) in [6.45, 7) is 6.23. The predicted octanol–water partition coefficient (Wildman–Crippen LogP) is 5.87. The van der Waals surface area contributed by atoms with Crippen molar-refractivity contribution in [2.24, 2.45) is 0 Å². The minimum atomic E-state index is -0.00815. The average molecular weight is 456 g/mol. The second-order valence-corrected chi connectivity index (χ2v) is 8.77. The lowest BCUT2D eigenvalue weighted by atomic mass is 10.1. The fourth-order valence-electron chi connectivity index (χ4n) is 4.32. The second kappa shape index (κ2) is 11.5. The molecule has 0 aliphatic heterocycles. The maximum absolute atomic E-state index is 12.1. The van der Waals surface area contributed by atoms with Gasteiger partial charge in [0.25, 0.3) is 5.91 Å². The summed E-state index contributed by atoms with van der Waals surface area (Å²) in [7, 11) is 0. The molecule has 1 amide bonds. The Labute approximate surface area is 201 Å². The molecule has 5 nitrogen and oxygen atoms in total. The van der Waals surface area contributed by atoms with E-state index < -0.39 is 0 Å². The van der Waals surface area contributed by atoms with E-state index in [0.29, 0.717) is 18.7 Å². The van der Waals surface area contributed by atoms with Gasteiger partial charge in [0.05, 0.1) is 17.6 Å². The molecule has 4 aromatic rings. The van der Waals surface area contributed by atoms with Crippen LogP contribution < -0.4 is 10.1 Å². The van der Waals surface area contributed by atoms with Crippen LogP contribution in [0.25, 0.3) is 11.0 Å². The van der Waals surface area contributed by atoms with Gasteiger partial charge in [0.1, 0.15) is 18.2 Å². The van der Waals surface area contributed by atoms with Crippen molar-refractivity contribution in [3.8, 4) is 5.75 Å². The zero-order chi connectivity index (χ0) is 23.8. The lowest BCUT2D eigenvalue weighted by Gasteiger charge is -2.12. The van der Waals surface area contributed by atoms with E-state index in [2.05, 4.69) is 60.1 Å². The highest BCUT2D eigenvalue weighted by molar-refractivity contribution is 5.94. The van der Waals surface area contributed by atoms with E-state index in [1.54, 1.807) is 0 Å². The quantitative estimate of drug-likeness (QED) is 0.288. The molecule has 5 heteroatoms. The predicted molar refractivity (Wildman–Crippen MR) is 137 cm³/mol. The van der Waals surface area contributed by atoms with Crippen LogP contribution in [0, 0.1) is 13.8 Å². The number of carbonyl (C=O) groups excluding carboxylic acids is 1. The number of aromatic nitrogens is 2. The molecule has 0 atom stereocenters. The number of amides is 1. The van der Waals surface area contributed by atoms with Crippen LogP contribution in [0.4, 0.5) is 0 Å². The lowest BCUT2D eigenvalue weighted by Crippen LogP contribution is -2.24. The largest absolute Gasteiger partial charge is 0.492 e. The van der Waals surface area contributed by atoms with Crippen LogP contribution in [0.5, 0.6) is 5.75 Å². The van der Waals surface area contributed by atoms with Gasteiger partial charge < -0.3 is 14.6 Å². The van der Waals surface area contributed by atoms with Crippen molar-refractivity contribution in [1.82, 2.24) is 14.9 Å². The van der Waals surface area contributed by atoms with Crippen LogP contribution in [0.1, 0.15) is 46.6 Å². The molecule has 3 aromatic carbocycles. The maximum Gasteiger partial charge on any atom is 0.251 e. The lowest BCUT2D eigenvalue weighted by molar-refractivity contribution is 0.0953. The van der Waals surface area contributed by atoms with Crippen molar-refractivity contribution in [1.29, 1.82) is 0 Å². The Kier molecular flexibility index (Phi) is 7.97. The standard InChI is InChI=1S/C29H33N3O2/c1-22-19-23(2)21-25(20-22)34-18-17-32-27-14-9-8-13-26(27)31-28(32)15-7-4-10-16-30-29(33)24-11-5-3-6-12-24/h3,5-6,8-9,11-14,19-21H,4,7,10,15-18H2,1-2H3,(H,30,33). The third kappa shape index (κ3) is 6.25. The van der Waals surface area contributed by atoms with E-state index in [-0.39, 0.29) is 5.91 Å². The third-order valence-electron chi connectivity index (χ3n) is 5.91. The zero-order valence-corrected chi connectivity index (χ0v) is 20.1. The van der Waals surface area contributed by atoms with E-state index in [4.69, 9.17) is 9.72 Å². The number of benzene rings is 3. The van der Waals surface area contributed by atoms with Crippen LogP contribution in [0.2, 0.25) is 0 Å². The van der Waals surface area contributed by atoms with Gasteiger partial charge in [0.15, 0.2) is 0 Å². The first kappa shape index (κ1) is 23.6. The molecular weight excluding hydrogens is 422 g/mol. The number of carbonyl (C=O) groups is 1. The van der Waals surface area contributed by atoms with Crippen LogP contribution >= 0.6 is 0 Å². The monoisotopic (exact) mass is 455 g/mol. The van der Waals surface area contributed by atoms with Crippen molar-refractivity contribution >= 4 is 16.9 Å². The SMILES string of the molecule is Cc1cc(C)cc(OCCn2c(CCCCCNC(=O)c3ccccc3)nc3ccccc32)c1. The summed E-state index contributed by atoms with van der Waals surface area (Å²) in [5.41, 5.74) is 5.31. The van der Waals surface area contributed by atoms with Crippen LogP contribution in [0.15, 0.2) is 72.8 Å². The molecule has 0 saturated carbocycles. The van der Waals surface area contributed by atoms with Gasteiger partial charge >= 0.3 is 0 Å². The molecule has 0 bridgehead atoms. The van der Waals surface area contributed by atoms with E-state index in [1.165, 1.54) is 11.1 Å². The summed E-state index contributed by atoms with van der Waals surface area (Å²) in [5.74, 6) is 2.01. The number of imidazole rings is 1. The third-order valence-corrected chi connectivity index (χ3v) is 5.91. The number of unbranched alkanes of at least 4 members (excludes halogenated alkanes) is 2. The van der Waals surface area contributed by atoms with Crippen molar-refractivity contribution < 1.29 is 9.53 Å². The Morgan fingerprint density at radius 3 is 2.44 bits per heavy atom. The normalized spacial score (nSPS) is 11.0. The van der Waals surface area contributed by atoms with E-state index in [9.17, 15) is 4.79 Å². The van der Waals surface area contributed by atoms with E-state index >= 15 is 0 Å². The van der Waals surface area contributed by atoms with Gasteiger partial charge in [-0.25, -0.2) is 4.98 Å². The van der Waals surface area contributed by atoms with Crippen molar-refractivity contribution in [3.63, 3.8) is 0 Å². The van der Waals surface area contributed by atoms with Gasteiger partial charge in [-0.15, -0.1) is 0 Å². The Hall–Kier alpha value is -3.60. The van der Waals surface area contributed by atoms with Gasteiger partial charge in [-0.3, -0.25) is 4.79 Å². The number of aryl methyl sites for hydroxylation is 3. The van der Waals surface area contributed by atoms with Crippen molar-refractivity contribution in [3.05, 3.63) is 95.3 Å². The van der Waals surface area contributed by atoms with Gasteiger partial charge in [-0.1, -0.05) is 42.8 Å². The highest BCUT2D eigenvalue weighted by atomic mass is 16.5. The molecule has 0 spiro atoms. The van der Waals surface area contributed by atoms with Gasteiger partial charge in [0.2, 0.25) is 0 Å². The smallest absolute Gasteiger partial charge is 0.251 e. The molecule has 0 saturated heterocycles. The minimum absolute atomic E-state index is 0.00815. The first-order chi connectivity index (χ1) is 16.6. The first-order valence-corrected chi connectivity index (χ1v) is 12.1. The van der Waals surface area contributed by atoms with Crippen molar-refractivity contribution in [2.45, 2.75) is 46.1 Å². The molecule has 0 aliphatic carbocycles. The number of para-hydroxylation sites is 2. The topological polar surface area (TPSA) is 56.1 Å².